The minimum absolute atomic E-state index is 0.119. The minimum Gasteiger partial charge on any atom is -0.368 e. The van der Waals surface area contributed by atoms with Crippen LogP contribution in [0.4, 0.5) is 0 Å². The number of rotatable bonds is 8. The molecule has 0 radical (unpaired) electrons. The highest BCUT2D eigenvalue weighted by atomic mass is 16.2. The Balaban J connectivity index is 5.14. The summed E-state index contributed by atoms with van der Waals surface area (Å²) in [5, 5.41) is 9.37. The third-order valence-corrected chi connectivity index (χ3v) is 2.99. The van der Waals surface area contributed by atoms with E-state index in [0.29, 0.717) is 19.4 Å². The first kappa shape index (κ1) is 16.4. The molecule has 0 aromatic heterocycles. The van der Waals surface area contributed by atoms with Crippen molar-refractivity contribution in [2.75, 3.05) is 13.1 Å². The van der Waals surface area contributed by atoms with Crippen LogP contribution >= 0.6 is 0 Å². The van der Waals surface area contributed by atoms with Crippen molar-refractivity contribution >= 4 is 11.8 Å². The fourth-order valence-electron chi connectivity index (χ4n) is 2.17. The molecule has 0 saturated carbocycles. The predicted octanol–water partition coefficient (Wildman–Crippen LogP) is 1.43. The predicted molar refractivity (Wildman–Crippen MR) is 69.3 cm³/mol. The molecule has 0 aromatic rings. The van der Waals surface area contributed by atoms with Gasteiger partial charge in [0, 0.05) is 6.54 Å². The zero-order chi connectivity index (χ0) is 14.2. The molecule has 0 aliphatic carbocycles. The molecule has 5 heteroatoms. The molecule has 0 aromatic carbocycles. The van der Waals surface area contributed by atoms with Gasteiger partial charge in [-0.25, -0.2) is 0 Å². The fourth-order valence-corrected chi connectivity index (χ4v) is 2.17. The van der Waals surface area contributed by atoms with E-state index in [9.17, 15) is 14.9 Å². The molecule has 0 bridgehead atoms. The molecule has 0 aliphatic rings. The number of carbonyl (C=O) groups excluding carboxylic acids is 2. The zero-order valence-electron chi connectivity index (χ0n) is 11.5. The molecule has 0 spiro atoms. The van der Waals surface area contributed by atoms with Crippen molar-refractivity contribution in [3.8, 4) is 6.07 Å². The molecule has 18 heavy (non-hydrogen) atoms. The number of hydrogen-bond donors (Lipinski definition) is 1. The van der Waals surface area contributed by atoms with Crippen molar-refractivity contribution < 1.29 is 9.59 Å². The van der Waals surface area contributed by atoms with Gasteiger partial charge in [-0.2, -0.15) is 5.26 Å². The summed E-state index contributed by atoms with van der Waals surface area (Å²) in [6, 6.07) is 2.16. The van der Waals surface area contributed by atoms with E-state index in [1.54, 1.807) is 6.92 Å². The monoisotopic (exact) mass is 253 g/mol. The van der Waals surface area contributed by atoms with Crippen molar-refractivity contribution in [2.24, 2.45) is 11.1 Å². The number of nitrogens with zero attached hydrogens (tertiary/aromatic N) is 2. The van der Waals surface area contributed by atoms with Gasteiger partial charge >= 0.3 is 0 Å². The van der Waals surface area contributed by atoms with Gasteiger partial charge in [-0.05, 0) is 19.8 Å². The Morgan fingerprint density at radius 2 is 1.72 bits per heavy atom. The molecule has 0 aliphatic heterocycles. The topological polar surface area (TPSA) is 87.2 Å². The van der Waals surface area contributed by atoms with E-state index in [1.165, 1.54) is 4.90 Å². The summed E-state index contributed by atoms with van der Waals surface area (Å²) in [7, 11) is 0. The summed E-state index contributed by atoms with van der Waals surface area (Å²) in [4.78, 5) is 24.8. The fraction of sp³-hybridized carbons (Fsp3) is 0.769. The van der Waals surface area contributed by atoms with Crippen molar-refractivity contribution in [3.63, 3.8) is 0 Å². The van der Waals surface area contributed by atoms with E-state index in [4.69, 9.17) is 5.73 Å². The third kappa shape index (κ3) is 4.02. The van der Waals surface area contributed by atoms with Crippen LogP contribution in [0, 0.1) is 16.7 Å². The van der Waals surface area contributed by atoms with Crippen LogP contribution in [0.3, 0.4) is 0 Å². The molecular weight excluding hydrogens is 230 g/mol. The van der Waals surface area contributed by atoms with Crippen LogP contribution < -0.4 is 5.73 Å². The Bertz CT molecular complexity index is 328. The van der Waals surface area contributed by atoms with Gasteiger partial charge in [0.05, 0.1) is 12.6 Å². The SMILES string of the molecule is CCCC(C#N)(CCC)C(=O)N(CC)CC(N)=O. The molecule has 0 heterocycles. The van der Waals surface area contributed by atoms with Gasteiger partial charge in [0.25, 0.3) is 0 Å². The normalized spacial score (nSPS) is 10.8. The Morgan fingerprint density at radius 1 is 1.22 bits per heavy atom. The maximum Gasteiger partial charge on any atom is 0.243 e. The lowest BCUT2D eigenvalue weighted by Gasteiger charge is -2.31. The Hall–Kier alpha value is -1.57. The van der Waals surface area contributed by atoms with Crippen LogP contribution in [-0.4, -0.2) is 29.8 Å². The second kappa shape index (κ2) is 7.70. The molecule has 0 saturated heterocycles. The number of nitrogens with two attached hydrogens (primary N) is 1. The van der Waals surface area contributed by atoms with Crippen molar-refractivity contribution in [1.82, 2.24) is 4.90 Å². The van der Waals surface area contributed by atoms with Crippen molar-refractivity contribution in [3.05, 3.63) is 0 Å². The first-order valence-electron chi connectivity index (χ1n) is 6.46. The van der Waals surface area contributed by atoms with Crippen LogP contribution in [0.2, 0.25) is 0 Å². The largest absolute Gasteiger partial charge is 0.368 e. The number of carbonyl (C=O) groups is 2. The first-order chi connectivity index (χ1) is 8.47. The van der Waals surface area contributed by atoms with Gasteiger partial charge in [0.15, 0.2) is 0 Å². The molecule has 5 nitrogen and oxygen atoms in total. The molecule has 0 atom stereocenters. The highest BCUT2D eigenvalue weighted by Gasteiger charge is 2.39. The highest BCUT2D eigenvalue weighted by molar-refractivity contribution is 5.89. The summed E-state index contributed by atoms with van der Waals surface area (Å²) < 4.78 is 0. The second-order valence-corrected chi connectivity index (χ2v) is 4.48. The maximum absolute atomic E-state index is 12.4. The van der Waals surface area contributed by atoms with E-state index in [2.05, 4.69) is 6.07 Å². The molecule has 2 N–H and O–H groups in total. The summed E-state index contributed by atoms with van der Waals surface area (Å²) in [6.45, 7) is 5.94. The summed E-state index contributed by atoms with van der Waals surface area (Å²) in [5.74, 6) is -0.819. The van der Waals surface area contributed by atoms with Crippen LogP contribution in [-0.2, 0) is 9.59 Å². The number of likely N-dealkylation sites (N-methyl/N-ethyl adjacent to an activating group) is 1. The lowest BCUT2D eigenvalue weighted by molar-refractivity contribution is -0.142. The maximum atomic E-state index is 12.4. The van der Waals surface area contributed by atoms with Crippen molar-refractivity contribution in [1.29, 1.82) is 5.26 Å². The molecule has 102 valence electrons. The van der Waals surface area contributed by atoms with E-state index in [-0.39, 0.29) is 12.5 Å². The van der Waals surface area contributed by atoms with Crippen LogP contribution in [0.25, 0.3) is 0 Å². The lowest BCUT2D eigenvalue weighted by atomic mass is 9.79. The van der Waals surface area contributed by atoms with Crippen LogP contribution in [0.1, 0.15) is 46.5 Å². The number of hydrogen-bond acceptors (Lipinski definition) is 3. The first-order valence-corrected chi connectivity index (χ1v) is 6.46. The minimum atomic E-state index is -1.00. The second-order valence-electron chi connectivity index (χ2n) is 4.48. The van der Waals surface area contributed by atoms with Gasteiger partial charge in [-0.1, -0.05) is 26.7 Å². The quantitative estimate of drug-likeness (QED) is 0.709. The van der Waals surface area contributed by atoms with Gasteiger partial charge in [-0.15, -0.1) is 0 Å². The smallest absolute Gasteiger partial charge is 0.243 e. The molecular formula is C13H23N3O2. The van der Waals surface area contributed by atoms with Gasteiger partial charge < -0.3 is 10.6 Å². The van der Waals surface area contributed by atoms with Crippen molar-refractivity contribution in [2.45, 2.75) is 46.5 Å². The van der Waals surface area contributed by atoms with Crippen LogP contribution in [0.15, 0.2) is 0 Å². The molecule has 0 fully saturated rings. The standard InChI is InChI=1S/C13H23N3O2/c1-4-7-13(10-14,8-5-2)12(18)16(6-3)9-11(15)17/h4-9H2,1-3H3,(H2,15,17). The Labute approximate surface area is 109 Å². The van der Waals surface area contributed by atoms with Gasteiger partial charge in [0.2, 0.25) is 11.8 Å². The van der Waals surface area contributed by atoms with Gasteiger partial charge in [0.1, 0.15) is 5.41 Å². The number of primary amides is 1. The average molecular weight is 253 g/mol. The number of amides is 2. The lowest BCUT2D eigenvalue weighted by Crippen LogP contribution is -2.46. The van der Waals surface area contributed by atoms with E-state index in [1.807, 2.05) is 13.8 Å². The summed E-state index contributed by atoms with van der Waals surface area (Å²) in [5.41, 5.74) is 4.12. The molecule has 0 rings (SSSR count). The third-order valence-electron chi connectivity index (χ3n) is 2.99. The molecule has 2 amide bonds. The highest BCUT2D eigenvalue weighted by Crippen LogP contribution is 2.31. The average Bonchev–Trinajstić information content (AvgIpc) is 2.34. The zero-order valence-corrected chi connectivity index (χ0v) is 11.5. The summed E-state index contributed by atoms with van der Waals surface area (Å²) >= 11 is 0. The summed E-state index contributed by atoms with van der Waals surface area (Å²) in [6.07, 6.45) is 2.55. The Kier molecular flexibility index (Phi) is 7.03. The van der Waals surface area contributed by atoms with Gasteiger partial charge in [-0.3, -0.25) is 9.59 Å². The van der Waals surface area contributed by atoms with E-state index >= 15 is 0 Å². The molecule has 0 unspecified atom stereocenters. The van der Waals surface area contributed by atoms with E-state index < -0.39 is 11.3 Å². The number of nitriles is 1. The van der Waals surface area contributed by atoms with E-state index in [0.717, 1.165) is 12.8 Å². The van der Waals surface area contributed by atoms with Crippen LogP contribution in [0.5, 0.6) is 0 Å². The Morgan fingerprint density at radius 3 is 2.00 bits per heavy atom.